The molecule has 0 aliphatic rings. The van der Waals surface area contributed by atoms with E-state index in [2.05, 4.69) is 4.98 Å². The minimum Gasteiger partial charge on any atom is -0.469 e. The lowest BCUT2D eigenvalue weighted by Gasteiger charge is -2.18. The second kappa shape index (κ2) is 5.17. The largest absolute Gasteiger partial charge is 0.469 e. The quantitative estimate of drug-likeness (QED) is 0.777. The molecule has 18 heavy (non-hydrogen) atoms. The number of pyridine rings is 1. The Balaban J connectivity index is 2.48. The van der Waals surface area contributed by atoms with Gasteiger partial charge in [0.1, 0.15) is 0 Å². The third-order valence-electron chi connectivity index (χ3n) is 3.09. The van der Waals surface area contributed by atoms with E-state index < -0.39 is 0 Å². The predicted molar refractivity (Wildman–Crippen MR) is 71.3 cm³/mol. The first kappa shape index (κ1) is 12.6. The summed E-state index contributed by atoms with van der Waals surface area (Å²) in [7, 11) is 1.42. The van der Waals surface area contributed by atoms with Crippen LogP contribution >= 0.6 is 0 Å². The van der Waals surface area contributed by atoms with Gasteiger partial charge in [-0.2, -0.15) is 0 Å². The first-order chi connectivity index (χ1) is 8.63. The Morgan fingerprint density at radius 2 is 2.00 bits per heavy atom. The van der Waals surface area contributed by atoms with E-state index in [4.69, 9.17) is 4.74 Å². The number of benzene rings is 1. The molecular formula is C15H17NO2. The smallest absolute Gasteiger partial charge is 0.313 e. The maximum atomic E-state index is 11.8. The van der Waals surface area contributed by atoms with Gasteiger partial charge in [0.05, 0.1) is 18.5 Å². The fraction of sp³-hybridized carbons (Fsp3) is 0.333. The van der Waals surface area contributed by atoms with E-state index in [1.807, 2.05) is 44.2 Å². The second-order valence-corrected chi connectivity index (χ2v) is 4.71. The molecule has 1 heterocycles. The summed E-state index contributed by atoms with van der Waals surface area (Å²) in [6.07, 6.45) is 1.77. The van der Waals surface area contributed by atoms with Gasteiger partial charge in [-0.25, -0.2) is 0 Å². The summed E-state index contributed by atoms with van der Waals surface area (Å²) in [5, 5.41) is 1.05. The van der Waals surface area contributed by atoms with Crippen molar-refractivity contribution in [1.82, 2.24) is 4.98 Å². The van der Waals surface area contributed by atoms with Crippen molar-refractivity contribution in [2.75, 3.05) is 7.11 Å². The average molecular weight is 243 g/mol. The van der Waals surface area contributed by atoms with Crippen LogP contribution in [0.25, 0.3) is 10.9 Å². The zero-order valence-electron chi connectivity index (χ0n) is 10.9. The molecule has 94 valence electrons. The molecule has 1 atom stereocenters. The normalized spacial score (nSPS) is 12.7. The SMILES string of the molecule is COC(=O)C(c1cnc2ccccc2c1)C(C)C. The van der Waals surface area contributed by atoms with Crippen molar-refractivity contribution < 1.29 is 9.53 Å². The number of hydrogen-bond acceptors (Lipinski definition) is 3. The summed E-state index contributed by atoms with van der Waals surface area (Å²) >= 11 is 0. The summed E-state index contributed by atoms with van der Waals surface area (Å²) < 4.78 is 4.87. The monoisotopic (exact) mass is 243 g/mol. The number of rotatable bonds is 3. The Kier molecular flexibility index (Phi) is 3.60. The molecule has 0 bridgehead atoms. The van der Waals surface area contributed by atoms with Crippen molar-refractivity contribution in [1.29, 1.82) is 0 Å². The van der Waals surface area contributed by atoms with Gasteiger partial charge in [-0.15, -0.1) is 0 Å². The van der Waals surface area contributed by atoms with Crippen LogP contribution in [0.5, 0.6) is 0 Å². The van der Waals surface area contributed by atoms with E-state index in [0.717, 1.165) is 16.5 Å². The van der Waals surface area contributed by atoms with E-state index in [9.17, 15) is 4.79 Å². The molecule has 1 aromatic heterocycles. The van der Waals surface area contributed by atoms with E-state index in [1.54, 1.807) is 6.20 Å². The number of carbonyl (C=O) groups is 1. The summed E-state index contributed by atoms with van der Waals surface area (Å²) in [6, 6.07) is 9.90. The highest BCUT2D eigenvalue weighted by Gasteiger charge is 2.25. The lowest BCUT2D eigenvalue weighted by Crippen LogP contribution is -2.19. The van der Waals surface area contributed by atoms with Crippen molar-refractivity contribution >= 4 is 16.9 Å². The molecule has 3 nitrogen and oxygen atoms in total. The topological polar surface area (TPSA) is 39.2 Å². The zero-order valence-corrected chi connectivity index (χ0v) is 10.9. The van der Waals surface area contributed by atoms with Gasteiger partial charge in [0, 0.05) is 11.6 Å². The van der Waals surface area contributed by atoms with Crippen LogP contribution in [-0.4, -0.2) is 18.1 Å². The molecule has 2 rings (SSSR count). The van der Waals surface area contributed by atoms with Crippen LogP contribution < -0.4 is 0 Å². The Bertz CT molecular complexity index is 563. The summed E-state index contributed by atoms with van der Waals surface area (Å²) in [5.74, 6) is -0.283. The third kappa shape index (κ3) is 2.35. The van der Waals surface area contributed by atoms with Gasteiger partial charge >= 0.3 is 5.97 Å². The van der Waals surface area contributed by atoms with Gasteiger partial charge in [-0.3, -0.25) is 9.78 Å². The average Bonchev–Trinajstić information content (AvgIpc) is 2.38. The fourth-order valence-electron chi connectivity index (χ4n) is 2.18. The number of hydrogen-bond donors (Lipinski definition) is 0. The van der Waals surface area contributed by atoms with Crippen LogP contribution in [-0.2, 0) is 9.53 Å². The van der Waals surface area contributed by atoms with Gasteiger partial charge < -0.3 is 4.74 Å². The first-order valence-electron chi connectivity index (χ1n) is 6.06. The van der Waals surface area contributed by atoms with Crippen molar-refractivity contribution in [2.45, 2.75) is 19.8 Å². The molecule has 0 spiro atoms. The van der Waals surface area contributed by atoms with Crippen LogP contribution in [0.3, 0.4) is 0 Å². The Labute approximate surface area is 107 Å². The van der Waals surface area contributed by atoms with Gasteiger partial charge in [0.25, 0.3) is 0 Å². The maximum Gasteiger partial charge on any atom is 0.313 e. The van der Waals surface area contributed by atoms with Crippen LogP contribution in [0.4, 0.5) is 0 Å². The second-order valence-electron chi connectivity index (χ2n) is 4.71. The van der Waals surface area contributed by atoms with Crippen LogP contribution in [0.15, 0.2) is 36.5 Å². The number of fused-ring (bicyclic) bond motifs is 1. The zero-order chi connectivity index (χ0) is 13.1. The van der Waals surface area contributed by atoms with Gasteiger partial charge in [0.15, 0.2) is 0 Å². The highest BCUT2D eigenvalue weighted by atomic mass is 16.5. The van der Waals surface area contributed by atoms with Crippen LogP contribution in [0.2, 0.25) is 0 Å². The summed E-state index contributed by atoms with van der Waals surface area (Å²) in [4.78, 5) is 16.2. The molecule has 0 saturated carbocycles. The molecule has 0 aliphatic carbocycles. The van der Waals surface area contributed by atoms with Crippen molar-refractivity contribution in [2.24, 2.45) is 5.92 Å². The molecule has 3 heteroatoms. The van der Waals surface area contributed by atoms with Gasteiger partial charge in [0.2, 0.25) is 0 Å². The minimum absolute atomic E-state index is 0.181. The van der Waals surface area contributed by atoms with E-state index in [0.29, 0.717) is 0 Å². The predicted octanol–water partition coefficient (Wildman–Crippen LogP) is 3.15. The van der Waals surface area contributed by atoms with Gasteiger partial charge in [-0.05, 0) is 23.6 Å². The number of ether oxygens (including phenoxy) is 1. The highest BCUT2D eigenvalue weighted by molar-refractivity contribution is 5.83. The number of nitrogens with zero attached hydrogens (tertiary/aromatic N) is 1. The summed E-state index contributed by atoms with van der Waals surface area (Å²) in [6.45, 7) is 4.02. The third-order valence-corrected chi connectivity index (χ3v) is 3.09. The molecule has 0 radical (unpaired) electrons. The molecule has 1 aromatic carbocycles. The maximum absolute atomic E-state index is 11.8. The minimum atomic E-state index is -0.257. The van der Waals surface area contributed by atoms with Crippen molar-refractivity contribution in [3.05, 3.63) is 42.1 Å². The molecule has 0 aliphatic heterocycles. The highest BCUT2D eigenvalue weighted by Crippen LogP contribution is 2.27. The van der Waals surface area contributed by atoms with E-state index >= 15 is 0 Å². The van der Waals surface area contributed by atoms with E-state index in [-0.39, 0.29) is 17.8 Å². The number of para-hydroxylation sites is 1. The van der Waals surface area contributed by atoms with Crippen LogP contribution in [0, 0.1) is 5.92 Å². The molecular weight excluding hydrogens is 226 g/mol. The van der Waals surface area contributed by atoms with Crippen molar-refractivity contribution in [3.63, 3.8) is 0 Å². The standard InChI is InChI=1S/C15H17NO2/c1-10(2)14(15(17)18-3)12-8-11-6-4-5-7-13(11)16-9-12/h4-10,14H,1-3H3. The lowest BCUT2D eigenvalue weighted by atomic mass is 9.89. The molecule has 0 N–H and O–H groups in total. The molecule has 1 unspecified atom stereocenters. The van der Waals surface area contributed by atoms with Crippen molar-refractivity contribution in [3.8, 4) is 0 Å². The number of carbonyl (C=O) groups excluding carboxylic acids is 1. The lowest BCUT2D eigenvalue weighted by molar-refractivity contribution is -0.143. The molecule has 0 saturated heterocycles. The number of methoxy groups -OCH3 is 1. The molecule has 0 fully saturated rings. The molecule has 0 amide bonds. The number of esters is 1. The molecule has 2 aromatic rings. The van der Waals surface area contributed by atoms with E-state index in [1.165, 1.54) is 7.11 Å². The fourth-order valence-corrected chi connectivity index (χ4v) is 2.18. The Morgan fingerprint density at radius 1 is 1.28 bits per heavy atom. The Morgan fingerprint density at radius 3 is 2.67 bits per heavy atom. The van der Waals surface area contributed by atoms with Crippen LogP contribution in [0.1, 0.15) is 25.3 Å². The first-order valence-corrected chi connectivity index (χ1v) is 6.06. The van der Waals surface area contributed by atoms with Gasteiger partial charge in [-0.1, -0.05) is 32.0 Å². The number of aromatic nitrogens is 1. The summed E-state index contributed by atoms with van der Waals surface area (Å²) in [5.41, 5.74) is 1.85. The Hall–Kier alpha value is -1.90.